The smallest absolute Gasteiger partial charge is 0.374 e. The number of nitrogens with one attached hydrogen (secondary N) is 1. The van der Waals surface area contributed by atoms with Crippen LogP contribution in [0.25, 0.3) is 5.69 Å². The summed E-state index contributed by atoms with van der Waals surface area (Å²) in [5, 5.41) is 11.7. The lowest BCUT2D eigenvalue weighted by atomic mass is 9.80. The van der Waals surface area contributed by atoms with Gasteiger partial charge in [0.25, 0.3) is 0 Å². The first-order valence-electron chi connectivity index (χ1n) is 10.9. The first kappa shape index (κ1) is 22.1. The number of benzene rings is 1. The van der Waals surface area contributed by atoms with Crippen molar-refractivity contribution >= 4 is 5.97 Å². The topological polar surface area (TPSA) is 144 Å². The highest BCUT2D eigenvalue weighted by molar-refractivity contribution is 5.86. The molecule has 0 amide bonds. The van der Waals surface area contributed by atoms with E-state index in [0.717, 1.165) is 22.4 Å². The Labute approximate surface area is 201 Å². The van der Waals surface area contributed by atoms with Crippen molar-refractivity contribution in [1.82, 2.24) is 30.0 Å². The normalized spacial score (nSPS) is 19.3. The van der Waals surface area contributed by atoms with Crippen molar-refractivity contribution in [1.29, 1.82) is 5.26 Å². The summed E-state index contributed by atoms with van der Waals surface area (Å²) in [4.78, 5) is 24.7. The van der Waals surface area contributed by atoms with Gasteiger partial charge in [0, 0.05) is 48.7 Å². The number of hydrogen-bond acceptors (Lipinski definition) is 10. The Bertz CT molecular complexity index is 1370. The summed E-state index contributed by atoms with van der Waals surface area (Å²) in [5.41, 5.74) is 13.0. The van der Waals surface area contributed by atoms with Crippen molar-refractivity contribution in [2.24, 2.45) is 5.73 Å². The van der Waals surface area contributed by atoms with E-state index in [1.807, 2.05) is 31.3 Å². The van der Waals surface area contributed by atoms with E-state index in [0.29, 0.717) is 11.5 Å². The third-order valence-electron chi connectivity index (χ3n) is 5.89. The second-order valence-corrected chi connectivity index (χ2v) is 7.91. The quantitative estimate of drug-likeness (QED) is 0.532. The fourth-order valence-electron chi connectivity index (χ4n) is 4.38. The highest BCUT2D eigenvalue weighted by Crippen LogP contribution is 2.47. The van der Waals surface area contributed by atoms with E-state index in [9.17, 15) is 10.1 Å². The molecule has 0 aliphatic carbocycles. The fraction of sp³-hybridized carbons (Fsp3) is 0.208. The predicted molar refractivity (Wildman–Crippen MR) is 123 cm³/mol. The fourth-order valence-corrected chi connectivity index (χ4v) is 4.38. The van der Waals surface area contributed by atoms with Crippen LogP contribution >= 0.6 is 0 Å². The number of allylic oxidation sites excluding steroid dienone is 1. The molecule has 2 atom stereocenters. The zero-order valence-electron chi connectivity index (χ0n) is 19.0. The van der Waals surface area contributed by atoms with Crippen molar-refractivity contribution in [2.75, 3.05) is 13.7 Å². The monoisotopic (exact) mass is 470 g/mol. The highest BCUT2D eigenvalue weighted by Gasteiger charge is 2.43. The molecule has 176 valence electrons. The van der Waals surface area contributed by atoms with Crippen LogP contribution in [0.1, 0.15) is 40.6 Å². The molecule has 11 nitrogen and oxygen atoms in total. The molecule has 2 unspecified atom stereocenters. The molecule has 2 aromatic heterocycles. The second kappa shape index (κ2) is 8.92. The SMILES string of the molecule is CCOC(=O)c1nccn1-c1ccc(C2C(C#N)=C(N)OC3=C2C(c2cncnc2)NN3C)cc1. The molecule has 11 heteroatoms. The molecule has 3 N–H and O–H groups in total. The molecular formula is C24H22N8O3. The van der Waals surface area contributed by atoms with Gasteiger partial charge in [-0.3, -0.25) is 9.58 Å². The molecule has 0 bridgehead atoms. The van der Waals surface area contributed by atoms with Gasteiger partial charge in [0.2, 0.25) is 17.6 Å². The van der Waals surface area contributed by atoms with Gasteiger partial charge in [0.15, 0.2) is 0 Å². The van der Waals surface area contributed by atoms with Crippen LogP contribution in [0.4, 0.5) is 0 Å². The van der Waals surface area contributed by atoms with E-state index in [1.165, 1.54) is 6.33 Å². The first-order chi connectivity index (χ1) is 17.0. The minimum atomic E-state index is -0.503. The minimum Gasteiger partial charge on any atom is -0.460 e. The van der Waals surface area contributed by atoms with Gasteiger partial charge in [-0.05, 0) is 24.6 Å². The van der Waals surface area contributed by atoms with Gasteiger partial charge in [-0.15, -0.1) is 0 Å². The molecule has 5 rings (SSSR count). The number of nitrogens with two attached hydrogens (primary N) is 1. The third kappa shape index (κ3) is 3.75. The lowest BCUT2D eigenvalue weighted by molar-refractivity contribution is 0.0510. The van der Waals surface area contributed by atoms with Crippen LogP contribution in [0.5, 0.6) is 0 Å². The van der Waals surface area contributed by atoms with Crippen molar-refractivity contribution in [3.63, 3.8) is 0 Å². The molecule has 1 aromatic carbocycles. The van der Waals surface area contributed by atoms with Gasteiger partial charge in [-0.1, -0.05) is 12.1 Å². The van der Waals surface area contributed by atoms with Crippen LogP contribution in [-0.4, -0.2) is 44.2 Å². The van der Waals surface area contributed by atoms with Crippen LogP contribution in [-0.2, 0) is 9.47 Å². The molecule has 0 fully saturated rings. The van der Waals surface area contributed by atoms with Crippen LogP contribution < -0.4 is 11.2 Å². The van der Waals surface area contributed by atoms with E-state index < -0.39 is 11.9 Å². The molecule has 4 heterocycles. The Balaban J connectivity index is 1.56. The maximum Gasteiger partial charge on any atom is 0.374 e. The summed E-state index contributed by atoms with van der Waals surface area (Å²) < 4.78 is 12.6. The molecule has 0 saturated heterocycles. The van der Waals surface area contributed by atoms with E-state index in [2.05, 4.69) is 26.4 Å². The summed E-state index contributed by atoms with van der Waals surface area (Å²) in [6, 6.07) is 9.40. The molecule has 0 spiro atoms. The van der Waals surface area contributed by atoms with Gasteiger partial charge in [-0.25, -0.2) is 25.2 Å². The lowest BCUT2D eigenvalue weighted by Gasteiger charge is -2.28. The van der Waals surface area contributed by atoms with Gasteiger partial charge in [0.1, 0.15) is 18.0 Å². The zero-order valence-corrected chi connectivity index (χ0v) is 19.0. The number of carbonyl (C=O) groups excluding carboxylic acids is 1. The second-order valence-electron chi connectivity index (χ2n) is 7.91. The van der Waals surface area contributed by atoms with E-state index in [4.69, 9.17) is 15.2 Å². The molecule has 35 heavy (non-hydrogen) atoms. The van der Waals surface area contributed by atoms with Gasteiger partial charge < -0.3 is 15.2 Å². The van der Waals surface area contributed by atoms with E-state index in [1.54, 1.807) is 41.3 Å². The number of imidazole rings is 1. The zero-order chi connectivity index (χ0) is 24.5. The Morgan fingerprint density at radius 1 is 1.26 bits per heavy atom. The van der Waals surface area contributed by atoms with Crippen molar-refractivity contribution < 1.29 is 14.3 Å². The number of ether oxygens (including phenoxy) is 2. The number of nitrogens with zero attached hydrogens (tertiary/aromatic N) is 6. The summed E-state index contributed by atoms with van der Waals surface area (Å²) in [5.74, 6) is -0.200. The summed E-state index contributed by atoms with van der Waals surface area (Å²) >= 11 is 0. The number of rotatable bonds is 5. The van der Waals surface area contributed by atoms with Gasteiger partial charge in [-0.2, -0.15) is 5.26 Å². The number of nitriles is 1. The molecule has 2 aliphatic rings. The number of hydrogen-bond donors (Lipinski definition) is 2. The Morgan fingerprint density at radius 2 is 2.00 bits per heavy atom. The summed E-state index contributed by atoms with van der Waals surface area (Å²) in [7, 11) is 1.82. The minimum absolute atomic E-state index is 0.0538. The van der Waals surface area contributed by atoms with Crippen LogP contribution in [0.3, 0.4) is 0 Å². The highest BCUT2D eigenvalue weighted by atomic mass is 16.5. The molecule has 3 aromatic rings. The van der Waals surface area contributed by atoms with E-state index in [-0.39, 0.29) is 24.4 Å². The van der Waals surface area contributed by atoms with Gasteiger partial charge >= 0.3 is 5.97 Å². The van der Waals surface area contributed by atoms with Crippen LogP contribution in [0.15, 0.2) is 78.3 Å². The van der Waals surface area contributed by atoms with Crippen LogP contribution in [0.2, 0.25) is 0 Å². The first-order valence-corrected chi connectivity index (χ1v) is 10.9. The third-order valence-corrected chi connectivity index (χ3v) is 5.89. The molecule has 0 saturated carbocycles. The van der Waals surface area contributed by atoms with Crippen molar-refractivity contribution in [3.05, 3.63) is 95.2 Å². The van der Waals surface area contributed by atoms with Crippen LogP contribution in [0, 0.1) is 11.3 Å². The largest absolute Gasteiger partial charge is 0.460 e. The van der Waals surface area contributed by atoms with Crippen molar-refractivity contribution in [2.45, 2.75) is 18.9 Å². The molecule has 2 aliphatic heterocycles. The Morgan fingerprint density at radius 3 is 2.69 bits per heavy atom. The average Bonchev–Trinajstić information content (AvgIpc) is 3.49. The average molecular weight is 470 g/mol. The standard InChI is InChI=1S/C24H22N8O3/c1-3-34-24(33)22-29-8-9-32(22)16-6-4-14(5-7-16)18-17(10-25)21(26)35-23-19(18)20(30-31(23)2)15-11-27-13-28-12-15/h4-9,11-13,18,20,30H,3,26H2,1-2H3. The number of carbonyl (C=O) groups is 1. The maximum absolute atomic E-state index is 12.3. The van der Waals surface area contributed by atoms with Gasteiger partial charge in [0.05, 0.1) is 18.6 Å². The number of hydrazine groups is 1. The lowest BCUT2D eigenvalue weighted by Crippen LogP contribution is -2.30. The maximum atomic E-state index is 12.3. The Hall–Kier alpha value is -4.69. The number of esters is 1. The number of aromatic nitrogens is 4. The van der Waals surface area contributed by atoms with Crippen molar-refractivity contribution in [3.8, 4) is 11.8 Å². The molecular weight excluding hydrogens is 448 g/mol. The van der Waals surface area contributed by atoms with E-state index >= 15 is 0 Å². The predicted octanol–water partition coefficient (Wildman–Crippen LogP) is 2.05. The Kier molecular flexibility index (Phi) is 5.64. The summed E-state index contributed by atoms with van der Waals surface area (Å²) in [6.07, 6.45) is 8.14. The summed E-state index contributed by atoms with van der Waals surface area (Å²) in [6.45, 7) is 2.00. The molecule has 0 radical (unpaired) electrons.